The van der Waals surface area contributed by atoms with E-state index in [1.165, 1.54) is 37.6 Å². The van der Waals surface area contributed by atoms with Crippen LogP contribution in [0.15, 0.2) is 0 Å². The van der Waals surface area contributed by atoms with E-state index in [1.807, 2.05) is 0 Å². The van der Waals surface area contributed by atoms with E-state index < -0.39 is 22.9 Å². The van der Waals surface area contributed by atoms with Gasteiger partial charge in [0.15, 0.2) is 11.1 Å². The highest BCUT2D eigenvalue weighted by molar-refractivity contribution is 7.80. The minimum atomic E-state index is -1.62. The van der Waals surface area contributed by atoms with Crippen LogP contribution in [-0.4, -0.2) is 86.5 Å². The number of carbonyl (C=O) groups is 4. The highest BCUT2D eigenvalue weighted by atomic mass is 32.2. The molecule has 2 heterocycles. The van der Waals surface area contributed by atoms with Crippen molar-refractivity contribution in [2.45, 2.75) is 164 Å². The Hall–Kier alpha value is -1.69. The minimum Gasteiger partial charge on any atom is -0.375 e. The van der Waals surface area contributed by atoms with Gasteiger partial charge in [0.2, 0.25) is 23.6 Å². The summed E-state index contributed by atoms with van der Waals surface area (Å²) < 4.78 is 32.5. The molecule has 0 aromatic rings. The molecule has 9 unspecified atom stereocenters. The highest BCUT2D eigenvalue weighted by Crippen LogP contribution is 2.44. The molecule has 11 heteroatoms. The van der Waals surface area contributed by atoms with Gasteiger partial charge in [0, 0.05) is 13.1 Å². The smallest absolute Gasteiger partial charge is 0.233 e. The van der Waals surface area contributed by atoms with E-state index >= 15 is 0 Å². The molecule has 0 radical (unpaired) electrons. The lowest BCUT2D eigenvalue weighted by atomic mass is 9.80. The number of imide groups is 2. The van der Waals surface area contributed by atoms with Crippen LogP contribution < -0.4 is 0 Å². The van der Waals surface area contributed by atoms with Gasteiger partial charge in [-0.3, -0.25) is 33.2 Å². The molecule has 262 valence electrons. The lowest BCUT2D eigenvalue weighted by Gasteiger charge is -2.38. The highest BCUT2D eigenvalue weighted by Gasteiger charge is 2.54. The third-order valence-electron chi connectivity index (χ3n) is 12.8. The molecule has 0 aromatic heterocycles. The van der Waals surface area contributed by atoms with Crippen molar-refractivity contribution >= 4 is 34.7 Å². The van der Waals surface area contributed by atoms with Gasteiger partial charge in [-0.25, -0.2) is 4.21 Å². The third kappa shape index (κ3) is 7.02. The normalized spacial score (nSPS) is 43.6. The Morgan fingerprint density at radius 2 is 1.09 bits per heavy atom. The summed E-state index contributed by atoms with van der Waals surface area (Å²) in [5, 5.41) is -0.316. The van der Waals surface area contributed by atoms with Crippen molar-refractivity contribution in [1.29, 1.82) is 0 Å². The number of hydrogen-bond donors (Lipinski definition) is 0. The second-order valence-corrected chi connectivity index (χ2v) is 17.3. The van der Waals surface area contributed by atoms with E-state index in [2.05, 4.69) is 6.92 Å². The Balaban J connectivity index is 0.866. The maximum atomic E-state index is 13.7. The number of nitrogens with zero attached hydrogens (tertiary/aromatic N) is 2. The van der Waals surface area contributed by atoms with E-state index in [4.69, 9.17) is 13.7 Å². The van der Waals surface area contributed by atoms with Crippen LogP contribution >= 0.6 is 0 Å². The SMILES string of the molecule is CC1CCC(OC2CCCC(OC3CCC(N4C(=O)C5CCC(S(=O)OC6CCC7C(=O)N(C)C(=O)C7C6)CC5C4=O)CC3)C2)CC1. The summed E-state index contributed by atoms with van der Waals surface area (Å²) in [7, 11) is 1.53. The zero-order valence-corrected chi connectivity index (χ0v) is 29.0. The first-order valence-corrected chi connectivity index (χ1v) is 19.9. The van der Waals surface area contributed by atoms with Crippen molar-refractivity contribution in [3.63, 3.8) is 0 Å². The van der Waals surface area contributed by atoms with E-state index in [1.54, 1.807) is 4.90 Å². The quantitative estimate of drug-likeness (QED) is 0.336. The summed E-state index contributed by atoms with van der Waals surface area (Å²) in [6.07, 6.45) is 16.3. The third-order valence-corrected chi connectivity index (χ3v) is 14.3. The predicted molar refractivity (Wildman–Crippen MR) is 174 cm³/mol. The largest absolute Gasteiger partial charge is 0.375 e. The number of rotatable bonds is 8. The predicted octanol–water partition coefficient (Wildman–Crippen LogP) is 4.84. The lowest BCUT2D eigenvalue weighted by Crippen LogP contribution is -2.44. The van der Waals surface area contributed by atoms with E-state index in [0.29, 0.717) is 50.7 Å². The Bertz CT molecular complexity index is 1230. The zero-order chi connectivity index (χ0) is 32.8. The first-order valence-electron chi connectivity index (χ1n) is 18.7. The fourth-order valence-corrected chi connectivity index (χ4v) is 11.3. The first-order chi connectivity index (χ1) is 22.7. The molecule has 0 N–H and O–H groups in total. The van der Waals surface area contributed by atoms with E-state index in [-0.39, 0.29) is 65.1 Å². The lowest BCUT2D eigenvalue weighted by molar-refractivity contribution is -0.145. The van der Waals surface area contributed by atoms with Gasteiger partial charge >= 0.3 is 0 Å². The number of hydrogen-bond acceptors (Lipinski definition) is 8. The molecule has 2 saturated heterocycles. The second kappa shape index (κ2) is 14.3. The molecule has 9 atom stereocenters. The van der Waals surface area contributed by atoms with Crippen molar-refractivity contribution in [3.8, 4) is 0 Å². The Morgan fingerprint density at radius 3 is 1.77 bits per heavy atom. The van der Waals surface area contributed by atoms with Crippen LogP contribution in [-0.2, 0) is 43.9 Å². The Kier molecular flexibility index (Phi) is 10.3. The van der Waals surface area contributed by atoms with Crippen molar-refractivity contribution in [1.82, 2.24) is 9.80 Å². The van der Waals surface area contributed by atoms with E-state index in [9.17, 15) is 23.4 Å². The number of carbonyl (C=O) groups excluding carboxylic acids is 4. The van der Waals surface area contributed by atoms with Gasteiger partial charge in [-0.2, -0.15) is 0 Å². The van der Waals surface area contributed by atoms with Crippen LogP contribution in [0.4, 0.5) is 0 Å². The molecule has 5 saturated carbocycles. The summed E-state index contributed by atoms with van der Waals surface area (Å²) in [5.74, 6) is -1.08. The first kappa shape index (κ1) is 33.8. The summed E-state index contributed by atoms with van der Waals surface area (Å²) in [5.41, 5.74) is 0. The molecule has 7 rings (SSSR count). The molecule has 0 bridgehead atoms. The number of amides is 4. The molecule has 0 spiro atoms. The summed E-state index contributed by atoms with van der Waals surface area (Å²) in [6, 6.07) is -0.0863. The number of fused-ring (bicyclic) bond motifs is 2. The second-order valence-electron chi connectivity index (χ2n) is 15.9. The summed E-state index contributed by atoms with van der Waals surface area (Å²) in [6.45, 7) is 2.34. The van der Waals surface area contributed by atoms with Gasteiger partial charge in [0.1, 0.15) is 0 Å². The van der Waals surface area contributed by atoms with Crippen molar-refractivity contribution in [2.24, 2.45) is 29.6 Å². The maximum absolute atomic E-state index is 13.7. The zero-order valence-electron chi connectivity index (χ0n) is 28.2. The Labute approximate surface area is 282 Å². The topological polar surface area (TPSA) is 120 Å². The standard InChI is InChI=1S/C36H54N2O8S/c1-21-6-10-23(11-7-21)44-25-4-3-5-26(18-25)45-24-12-8-22(9-13-24)38-35(41)30-17-15-28(20-32(30)36(38)42)47(43)46-27-14-16-29-31(19-27)34(40)37(2)33(29)39/h21-32H,3-20H2,1-2H3. The van der Waals surface area contributed by atoms with Gasteiger partial charge in [0.25, 0.3) is 0 Å². The van der Waals surface area contributed by atoms with E-state index in [0.717, 1.165) is 57.3 Å². The van der Waals surface area contributed by atoms with Crippen LogP contribution in [0, 0.1) is 29.6 Å². The number of likely N-dealkylation sites (tertiary alicyclic amines) is 2. The minimum absolute atomic E-state index is 0.0502. The van der Waals surface area contributed by atoms with Crippen LogP contribution in [0.5, 0.6) is 0 Å². The van der Waals surface area contributed by atoms with Crippen molar-refractivity contribution in [2.75, 3.05) is 7.05 Å². The monoisotopic (exact) mass is 674 g/mol. The van der Waals surface area contributed by atoms with Crippen molar-refractivity contribution < 1.29 is 37.0 Å². The Morgan fingerprint density at radius 1 is 0.553 bits per heavy atom. The molecule has 4 amide bonds. The summed E-state index contributed by atoms with van der Waals surface area (Å²) >= 11 is -1.62. The average molecular weight is 675 g/mol. The summed E-state index contributed by atoms with van der Waals surface area (Å²) in [4.78, 5) is 54.9. The van der Waals surface area contributed by atoms with Gasteiger partial charge in [-0.15, -0.1) is 0 Å². The van der Waals surface area contributed by atoms with Gasteiger partial charge in [-0.1, -0.05) is 6.92 Å². The molecule has 5 aliphatic carbocycles. The number of ether oxygens (including phenoxy) is 2. The fraction of sp³-hybridized carbons (Fsp3) is 0.889. The van der Waals surface area contributed by atoms with Crippen LogP contribution in [0.2, 0.25) is 0 Å². The van der Waals surface area contributed by atoms with Gasteiger partial charge in [-0.05, 0) is 121 Å². The molecular weight excluding hydrogens is 620 g/mol. The molecule has 7 aliphatic rings. The van der Waals surface area contributed by atoms with Crippen LogP contribution in [0.1, 0.15) is 122 Å². The van der Waals surface area contributed by atoms with Gasteiger partial charge < -0.3 is 9.47 Å². The molecular formula is C36H54N2O8S. The molecule has 47 heavy (non-hydrogen) atoms. The van der Waals surface area contributed by atoms with Gasteiger partial charge in [0.05, 0.1) is 59.4 Å². The van der Waals surface area contributed by atoms with Crippen LogP contribution in [0.3, 0.4) is 0 Å². The van der Waals surface area contributed by atoms with Crippen molar-refractivity contribution in [3.05, 3.63) is 0 Å². The molecule has 7 fully saturated rings. The molecule has 0 aromatic carbocycles. The fourth-order valence-electron chi connectivity index (χ4n) is 10.0. The van der Waals surface area contributed by atoms with Crippen LogP contribution in [0.25, 0.3) is 0 Å². The molecule has 10 nitrogen and oxygen atoms in total. The maximum Gasteiger partial charge on any atom is 0.233 e. The average Bonchev–Trinajstić information content (AvgIpc) is 3.45. The molecule has 2 aliphatic heterocycles.